The maximum Gasteiger partial charge on any atom is 0.350 e. The molecule has 196 valence electrons. The molecule has 0 spiro atoms. The molecule has 1 unspecified atom stereocenters. The van der Waals surface area contributed by atoms with Crippen LogP contribution < -0.4 is 9.64 Å². The molecule has 1 aliphatic heterocycles. The van der Waals surface area contributed by atoms with Gasteiger partial charge in [-0.3, -0.25) is 14.5 Å². The Morgan fingerprint density at radius 2 is 1.97 bits per heavy atom. The molecule has 1 aromatic heterocycles. The number of thiazole rings is 1. The lowest BCUT2D eigenvalue weighted by atomic mass is 9.94. The highest BCUT2D eigenvalue weighted by Gasteiger charge is 2.49. The van der Waals surface area contributed by atoms with Crippen LogP contribution in [0.2, 0.25) is 0 Å². The summed E-state index contributed by atoms with van der Waals surface area (Å²) in [7, 11) is 0. The number of hydrogen-bond donors (Lipinski definition) is 1. The predicted octanol–water partition coefficient (Wildman–Crippen LogP) is 5.27. The van der Waals surface area contributed by atoms with Crippen LogP contribution in [0.5, 0.6) is 5.75 Å². The summed E-state index contributed by atoms with van der Waals surface area (Å²) in [6.45, 7) is 9.03. The molecule has 0 saturated carbocycles. The monoisotopic (exact) mass is 536 g/mol. The lowest BCUT2D eigenvalue weighted by Gasteiger charge is -2.23. The fourth-order valence-electron chi connectivity index (χ4n) is 4.16. The Hall–Kier alpha value is -4.31. The summed E-state index contributed by atoms with van der Waals surface area (Å²) in [4.78, 5) is 44.5. The fraction of sp³-hybridized carbons (Fsp3) is 0.214. The number of aliphatic hydroxyl groups is 1. The Bertz CT molecular complexity index is 1480. The van der Waals surface area contributed by atoms with Gasteiger partial charge in [0.05, 0.1) is 17.9 Å². The minimum atomic E-state index is -1.33. The van der Waals surface area contributed by atoms with Gasteiger partial charge in [-0.1, -0.05) is 42.2 Å². The third-order valence-corrected chi connectivity index (χ3v) is 7.04. The van der Waals surface area contributed by atoms with E-state index in [1.165, 1.54) is 18.2 Å². The zero-order valence-corrected chi connectivity index (χ0v) is 21.8. The standard InChI is InChI=1S/C28H25FN2O6S/c1-5-13-37-20-12-11-17(14-15(20)3)23(32)21-22(18-9-7-8-10-19(18)29)31(26(34)24(21)33)28-30-16(4)25(38-28)27(35)36-6-2/h5,7-12,14,22,32H,1,6,13H2,2-4H3/b23-21-. The molecule has 10 heteroatoms. The first-order valence-electron chi connectivity index (χ1n) is 11.7. The van der Waals surface area contributed by atoms with Crippen LogP contribution in [0, 0.1) is 19.7 Å². The molecule has 0 bridgehead atoms. The SMILES string of the molecule is C=CCOc1ccc(/C(O)=C2/C(=O)C(=O)N(c3nc(C)c(C(=O)OCC)s3)C2c2ccccc2F)cc1C. The van der Waals surface area contributed by atoms with E-state index >= 15 is 4.39 Å². The van der Waals surface area contributed by atoms with Gasteiger partial charge in [0.15, 0.2) is 5.13 Å². The van der Waals surface area contributed by atoms with Gasteiger partial charge in [0.25, 0.3) is 5.78 Å². The molecule has 3 aromatic rings. The number of aryl methyl sites for hydroxylation is 2. The van der Waals surface area contributed by atoms with Gasteiger partial charge in [0, 0.05) is 11.1 Å². The summed E-state index contributed by atoms with van der Waals surface area (Å²) < 4.78 is 25.7. The number of benzene rings is 2. The van der Waals surface area contributed by atoms with Gasteiger partial charge >= 0.3 is 11.9 Å². The van der Waals surface area contributed by atoms with Crippen molar-refractivity contribution >= 4 is 39.9 Å². The van der Waals surface area contributed by atoms with E-state index in [2.05, 4.69) is 11.6 Å². The molecule has 1 saturated heterocycles. The van der Waals surface area contributed by atoms with Gasteiger partial charge in [-0.25, -0.2) is 14.2 Å². The number of nitrogens with zero attached hydrogens (tertiary/aromatic N) is 2. The van der Waals surface area contributed by atoms with Crippen LogP contribution in [0.3, 0.4) is 0 Å². The first-order valence-corrected chi connectivity index (χ1v) is 12.6. The van der Waals surface area contributed by atoms with E-state index in [0.29, 0.717) is 17.0 Å². The third-order valence-electron chi connectivity index (χ3n) is 5.90. The number of carbonyl (C=O) groups excluding carboxylic acids is 3. The van der Waals surface area contributed by atoms with E-state index in [1.54, 1.807) is 51.1 Å². The number of halogens is 1. The van der Waals surface area contributed by atoms with E-state index in [9.17, 15) is 19.5 Å². The average molecular weight is 537 g/mol. The smallest absolute Gasteiger partial charge is 0.350 e. The van der Waals surface area contributed by atoms with Gasteiger partial charge in [-0.05, 0) is 50.6 Å². The number of amides is 1. The Labute approximate surface area is 222 Å². The number of carbonyl (C=O) groups is 3. The molecule has 1 atom stereocenters. The first kappa shape index (κ1) is 26.7. The largest absolute Gasteiger partial charge is 0.507 e. The van der Waals surface area contributed by atoms with E-state index in [-0.39, 0.29) is 39.9 Å². The van der Waals surface area contributed by atoms with Crippen molar-refractivity contribution in [2.45, 2.75) is 26.8 Å². The summed E-state index contributed by atoms with van der Waals surface area (Å²) >= 11 is 0.852. The normalized spacial score (nSPS) is 16.5. The van der Waals surface area contributed by atoms with Crippen LogP contribution in [0.25, 0.3) is 5.76 Å². The minimum Gasteiger partial charge on any atom is -0.507 e. The molecule has 1 amide bonds. The van der Waals surface area contributed by atoms with Crippen LogP contribution in [0.1, 0.15) is 45.0 Å². The van der Waals surface area contributed by atoms with Crippen LogP contribution in [0.4, 0.5) is 9.52 Å². The van der Waals surface area contributed by atoms with Crippen molar-refractivity contribution in [3.05, 3.63) is 93.8 Å². The molecule has 0 radical (unpaired) electrons. The molecular formula is C28H25FN2O6S. The van der Waals surface area contributed by atoms with Crippen molar-refractivity contribution in [1.29, 1.82) is 0 Å². The van der Waals surface area contributed by atoms with E-state index in [4.69, 9.17) is 9.47 Å². The molecule has 38 heavy (non-hydrogen) atoms. The fourth-order valence-corrected chi connectivity index (χ4v) is 5.14. The quantitative estimate of drug-likeness (QED) is 0.138. The zero-order chi connectivity index (χ0) is 27.6. The number of aliphatic hydroxyl groups excluding tert-OH is 1. The lowest BCUT2D eigenvalue weighted by molar-refractivity contribution is -0.132. The van der Waals surface area contributed by atoms with Crippen LogP contribution >= 0.6 is 11.3 Å². The van der Waals surface area contributed by atoms with Crippen molar-refractivity contribution < 1.29 is 33.4 Å². The van der Waals surface area contributed by atoms with Gasteiger partial charge in [0.2, 0.25) is 0 Å². The summed E-state index contributed by atoms with van der Waals surface area (Å²) in [5.41, 5.74) is 0.895. The molecule has 2 heterocycles. The van der Waals surface area contributed by atoms with Gasteiger partial charge < -0.3 is 14.6 Å². The van der Waals surface area contributed by atoms with Crippen LogP contribution in [-0.2, 0) is 14.3 Å². The van der Waals surface area contributed by atoms with Crippen molar-refractivity contribution in [2.24, 2.45) is 0 Å². The van der Waals surface area contributed by atoms with Gasteiger partial charge in [-0.15, -0.1) is 0 Å². The average Bonchev–Trinajstić information content (AvgIpc) is 3.40. The number of rotatable bonds is 8. The minimum absolute atomic E-state index is 0.00399. The number of aromatic nitrogens is 1. The molecule has 4 rings (SSSR count). The Morgan fingerprint density at radius 1 is 1.24 bits per heavy atom. The number of Topliss-reactive ketones (excluding diaryl/α,β-unsaturated/α-hetero) is 1. The maximum absolute atomic E-state index is 15.1. The number of hydrogen-bond acceptors (Lipinski definition) is 8. The predicted molar refractivity (Wildman–Crippen MR) is 141 cm³/mol. The summed E-state index contributed by atoms with van der Waals surface area (Å²) in [6, 6.07) is 9.10. The molecule has 0 aliphatic carbocycles. The lowest BCUT2D eigenvalue weighted by Crippen LogP contribution is -2.29. The molecule has 1 N–H and O–H groups in total. The summed E-state index contributed by atoms with van der Waals surface area (Å²) in [6.07, 6.45) is 1.59. The highest BCUT2D eigenvalue weighted by atomic mass is 32.1. The van der Waals surface area contributed by atoms with E-state index < -0.39 is 35.3 Å². The Morgan fingerprint density at radius 3 is 2.63 bits per heavy atom. The summed E-state index contributed by atoms with van der Waals surface area (Å²) in [5.74, 6) is -3.24. The van der Waals surface area contributed by atoms with Gasteiger partial charge in [-0.2, -0.15) is 0 Å². The van der Waals surface area contributed by atoms with Crippen LogP contribution in [0.15, 0.2) is 60.7 Å². The number of ether oxygens (including phenoxy) is 2. The van der Waals surface area contributed by atoms with Gasteiger partial charge in [0.1, 0.15) is 34.9 Å². The van der Waals surface area contributed by atoms with Crippen molar-refractivity contribution in [3.63, 3.8) is 0 Å². The van der Waals surface area contributed by atoms with E-state index in [1.807, 2.05) is 0 Å². The molecule has 2 aromatic carbocycles. The second-order valence-corrected chi connectivity index (χ2v) is 9.38. The zero-order valence-electron chi connectivity index (χ0n) is 21.0. The first-order chi connectivity index (χ1) is 18.2. The molecule has 1 fully saturated rings. The van der Waals surface area contributed by atoms with Crippen molar-refractivity contribution in [2.75, 3.05) is 18.1 Å². The Balaban J connectivity index is 1.89. The molecule has 8 nitrogen and oxygen atoms in total. The second kappa shape index (κ2) is 11.0. The molecule has 1 aliphatic rings. The maximum atomic E-state index is 15.1. The number of ketones is 1. The molecular weight excluding hydrogens is 511 g/mol. The van der Waals surface area contributed by atoms with Crippen LogP contribution in [-0.4, -0.2) is 41.0 Å². The Kier molecular flexibility index (Phi) is 7.72. The summed E-state index contributed by atoms with van der Waals surface area (Å²) in [5, 5.41) is 11.3. The topological polar surface area (TPSA) is 106 Å². The van der Waals surface area contributed by atoms with Crippen molar-refractivity contribution in [3.8, 4) is 5.75 Å². The number of esters is 1. The van der Waals surface area contributed by atoms with E-state index in [0.717, 1.165) is 16.2 Å². The third kappa shape index (κ3) is 4.82. The highest BCUT2D eigenvalue weighted by Crippen LogP contribution is 2.44. The number of anilines is 1. The van der Waals surface area contributed by atoms with Crippen molar-refractivity contribution in [1.82, 2.24) is 4.98 Å². The second-order valence-electron chi connectivity index (χ2n) is 8.40. The highest BCUT2D eigenvalue weighted by molar-refractivity contribution is 7.17.